The van der Waals surface area contributed by atoms with E-state index in [9.17, 15) is 9.59 Å². The van der Waals surface area contributed by atoms with E-state index >= 15 is 0 Å². The van der Waals surface area contributed by atoms with Crippen molar-refractivity contribution in [1.82, 2.24) is 5.32 Å². The molecule has 0 spiro atoms. The molecular weight excluding hydrogens is 254 g/mol. The number of hydrogen-bond donors (Lipinski definition) is 1. The zero-order valence-corrected chi connectivity index (χ0v) is 11.6. The first-order valence-electron chi connectivity index (χ1n) is 7.11. The molecule has 1 atom stereocenters. The normalized spacial score (nSPS) is 23.1. The van der Waals surface area contributed by atoms with Crippen LogP contribution in [0.2, 0.25) is 0 Å². The second kappa shape index (κ2) is 5.15. The fourth-order valence-electron chi connectivity index (χ4n) is 2.84. The number of hydrogen-bond acceptors (Lipinski definition) is 3. The molecule has 1 aromatic rings. The Morgan fingerprint density at radius 2 is 1.65 bits per heavy atom. The van der Waals surface area contributed by atoms with Crippen molar-refractivity contribution in [3.05, 3.63) is 24.3 Å². The Morgan fingerprint density at radius 3 is 2.30 bits per heavy atom. The number of nitrogens with one attached hydrogen (secondary N) is 1. The molecule has 1 N–H and O–H groups in total. The van der Waals surface area contributed by atoms with Gasteiger partial charge in [0.25, 0.3) is 0 Å². The van der Waals surface area contributed by atoms with Crippen LogP contribution in [-0.4, -0.2) is 37.5 Å². The lowest BCUT2D eigenvalue weighted by molar-refractivity contribution is -0.130. The third kappa shape index (κ3) is 2.35. The molecular formula is C15H19N3O2. The Labute approximate surface area is 118 Å². The summed E-state index contributed by atoms with van der Waals surface area (Å²) in [5.41, 5.74) is 1.98. The first kappa shape index (κ1) is 13.0. The SMILES string of the molecule is CC1NC(=O)CN(c2ccc(N3CCCC3)cc2)C1=O. The smallest absolute Gasteiger partial charge is 0.249 e. The highest BCUT2D eigenvalue weighted by atomic mass is 16.2. The number of rotatable bonds is 2. The maximum absolute atomic E-state index is 12.1. The van der Waals surface area contributed by atoms with E-state index in [0.717, 1.165) is 18.8 Å². The van der Waals surface area contributed by atoms with E-state index in [1.807, 2.05) is 24.3 Å². The van der Waals surface area contributed by atoms with Gasteiger partial charge in [0, 0.05) is 24.5 Å². The van der Waals surface area contributed by atoms with Gasteiger partial charge in [0.1, 0.15) is 12.6 Å². The van der Waals surface area contributed by atoms with Gasteiger partial charge in [0.05, 0.1) is 0 Å². The van der Waals surface area contributed by atoms with Crippen molar-refractivity contribution in [1.29, 1.82) is 0 Å². The van der Waals surface area contributed by atoms with Crippen LogP contribution in [0.25, 0.3) is 0 Å². The summed E-state index contributed by atoms with van der Waals surface area (Å²) in [7, 11) is 0. The number of anilines is 2. The predicted octanol–water partition coefficient (Wildman–Crippen LogP) is 1.14. The molecule has 0 bridgehead atoms. The molecule has 106 valence electrons. The molecule has 2 fully saturated rings. The lowest BCUT2D eigenvalue weighted by Gasteiger charge is -2.31. The van der Waals surface area contributed by atoms with E-state index in [0.29, 0.717) is 0 Å². The first-order valence-corrected chi connectivity index (χ1v) is 7.11. The van der Waals surface area contributed by atoms with Gasteiger partial charge in [0.15, 0.2) is 0 Å². The molecule has 5 heteroatoms. The van der Waals surface area contributed by atoms with Crippen LogP contribution in [-0.2, 0) is 9.59 Å². The topological polar surface area (TPSA) is 52.7 Å². The standard InChI is InChI=1S/C15H19N3O2/c1-11-15(20)18(10-14(19)16-11)13-6-4-12(5-7-13)17-8-2-3-9-17/h4-7,11H,2-3,8-10H2,1H3,(H,16,19). The van der Waals surface area contributed by atoms with Gasteiger partial charge < -0.3 is 15.1 Å². The molecule has 0 radical (unpaired) electrons. The van der Waals surface area contributed by atoms with E-state index in [2.05, 4.69) is 10.2 Å². The molecule has 0 saturated carbocycles. The first-order chi connectivity index (χ1) is 9.65. The summed E-state index contributed by atoms with van der Waals surface area (Å²) >= 11 is 0. The maximum Gasteiger partial charge on any atom is 0.249 e. The minimum Gasteiger partial charge on any atom is -0.372 e. The molecule has 2 aliphatic heterocycles. The Bertz CT molecular complexity index is 520. The lowest BCUT2D eigenvalue weighted by Crippen LogP contribution is -2.57. The van der Waals surface area contributed by atoms with Crippen LogP contribution in [0.1, 0.15) is 19.8 Å². The van der Waals surface area contributed by atoms with Gasteiger partial charge >= 0.3 is 0 Å². The van der Waals surface area contributed by atoms with E-state index < -0.39 is 6.04 Å². The van der Waals surface area contributed by atoms with Crippen LogP contribution < -0.4 is 15.1 Å². The molecule has 2 amide bonds. The van der Waals surface area contributed by atoms with Gasteiger partial charge in [0.2, 0.25) is 11.8 Å². The Morgan fingerprint density at radius 1 is 1.05 bits per heavy atom. The highest BCUT2D eigenvalue weighted by Gasteiger charge is 2.30. The van der Waals surface area contributed by atoms with Crippen molar-refractivity contribution < 1.29 is 9.59 Å². The molecule has 2 aliphatic rings. The minimum absolute atomic E-state index is 0.0569. The largest absolute Gasteiger partial charge is 0.372 e. The highest BCUT2D eigenvalue weighted by molar-refractivity contribution is 6.06. The fourth-order valence-corrected chi connectivity index (χ4v) is 2.84. The van der Waals surface area contributed by atoms with Crippen LogP contribution in [0.15, 0.2) is 24.3 Å². The molecule has 2 saturated heterocycles. The van der Waals surface area contributed by atoms with Crippen molar-refractivity contribution in [2.75, 3.05) is 29.4 Å². The number of carbonyl (C=O) groups excluding carboxylic acids is 2. The lowest BCUT2D eigenvalue weighted by atomic mass is 10.1. The minimum atomic E-state index is -0.450. The average molecular weight is 273 g/mol. The van der Waals surface area contributed by atoms with Crippen molar-refractivity contribution >= 4 is 23.2 Å². The molecule has 1 aromatic carbocycles. The summed E-state index contributed by atoms with van der Waals surface area (Å²) < 4.78 is 0. The summed E-state index contributed by atoms with van der Waals surface area (Å²) in [5, 5.41) is 2.65. The molecule has 2 heterocycles. The Hall–Kier alpha value is -2.04. The summed E-state index contributed by atoms with van der Waals surface area (Å²) in [5.74, 6) is -0.167. The Kier molecular flexibility index (Phi) is 3.34. The second-order valence-corrected chi connectivity index (χ2v) is 5.42. The van der Waals surface area contributed by atoms with Crippen LogP contribution >= 0.6 is 0 Å². The van der Waals surface area contributed by atoms with Crippen LogP contribution in [0.4, 0.5) is 11.4 Å². The number of nitrogens with zero attached hydrogens (tertiary/aromatic N) is 2. The van der Waals surface area contributed by atoms with Gasteiger partial charge in [-0.2, -0.15) is 0 Å². The molecule has 5 nitrogen and oxygen atoms in total. The quantitative estimate of drug-likeness (QED) is 0.879. The summed E-state index contributed by atoms with van der Waals surface area (Å²) in [6, 6.07) is 7.47. The van der Waals surface area contributed by atoms with Gasteiger partial charge in [-0.25, -0.2) is 0 Å². The number of benzene rings is 1. The summed E-state index contributed by atoms with van der Waals surface area (Å²) in [6.07, 6.45) is 2.48. The number of amides is 2. The number of piperazine rings is 1. The summed E-state index contributed by atoms with van der Waals surface area (Å²) in [6.45, 7) is 4.01. The molecule has 1 unspecified atom stereocenters. The van der Waals surface area contributed by atoms with Crippen LogP contribution in [0.3, 0.4) is 0 Å². The molecule has 3 rings (SSSR count). The summed E-state index contributed by atoms with van der Waals surface area (Å²) in [4.78, 5) is 27.6. The van der Waals surface area contributed by atoms with Crippen molar-refractivity contribution in [3.8, 4) is 0 Å². The van der Waals surface area contributed by atoms with E-state index in [1.165, 1.54) is 18.5 Å². The average Bonchev–Trinajstić information content (AvgIpc) is 2.97. The maximum atomic E-state index is 12.1. The van der Waals surface area contributed by atoms with Gasteiger partial charge in [-0.05, 0) is 44.0 Å². The number of carbonyl (C=O) groups is 2. The van der Waals surface area contributed by atoms with Gasteiger partial charge in [-0.15, -0.1) is 0 Å². The van der Waals surface area contributed by atoms with Crippen LogP contribution in [0.5, 0.6) is 0 Å². The zero-order chi connectivity index (χ0) is 14.1. The highest BCUT2D eigenvalue weighted by Crippen LogP contribution is 2.24. The second-order valence-electron chi connectivity index (χ2n) is 5.42. The molecule has 20 heavy (non-hydrogen) atoms. The van der Waals surface area contributed by atoms with Crippen molar-refractivity contribution in [3.63, 3.8) is 0 Å². The fraction of sp³-hybridized carbons (Fsp3) is 0.467. The molecule has 0 aliphatic carbocycles. The van der Waals surface area contributed by atoms with Crippen molar-refractivity contribution in [2.24, 2.45) is 0 Å². The van der Waals surface area contributed by atoms with E-state index in [4.69, 9.17) is 0 Å². The Balaban J connectivity index is 1.79. The van der Waals surface area contributed by atoms with Gasteiger partial charge in [-0.3, -0.25) is 9.59 Å². The zero-order valence-electron chi connectivity index (χ0n) is 11.6. The third-order valence-electron chi connectivity index (χ3n) is 3.95. The molecule has 0 aromatic heterocycles. The van der Waals surface area contributed by atoms with Gasteiger partial charge in [-0.1, -0.05) is 0 Å². The van der Waals surface area contributed by atoms with E-state index in [1.54, 1.807) is 11.8 Å². The predicted molar refractivity (Wildman–Crippen MR) is 77.8 cm³/mol. The van der Waals surface area contributed by atoms with Crippen molar-refractivity contribution in [2.45, 2.75) is 25.8 Å². The third-order valence-corrected chi connectivity index (χ3v) is 3.95. The van der Waals surface area contributed by atoms with Crippen LogP contribution in [0, 0.1) is 0 Å². The monoisotopic (exact) mass is 273 g/mol. The van der Waals surface area contributed by atoms with E-state index in [-0.39, 0.29) is 18.4 Å².